The normalized spacial score (nSPS) is 22.5. The van der Waals surface area contributed by atoms with Crippen LogP contribution in [-0.4, -0.2) is 11.8 Å². The van der Waals surface area contributed by atoms with Crippen molar-refractivity contribution in [2.75, 3.05) is 5.32 Å². The maximum atomic E-state index is 12.9. The van der Waals surface area contributed by atoms with Gasteiger partial charge in [-0.1, -0.05) is 104 Å². The Hall–Kier alpha value is -4.70. The molecule has 2 amide bonds. The van der Waals surface area contributed by atoms with Crippen LogP contribution in [0.3, 0.4) is 0 Å². The number of carbonyl (C=O) groups is 2. The lowest BCUT2D eigenvalue weighted by Gasteiger charge is -2.36. The van der Waals surface area contributed by atoms with E-state index in [1.165, 1.54) is 44.6 Å². The van der Waals surface area contributed by atoms with Gasteiger partial charge < -0.3 is 10.6 Å². The van der Waals surface area contributed by atoms with Gasteiger partial charge in [-0.25, -0.2) is 0 Å². The molecule has 0 spiro atoms. The molecule has 0 radical (unpaired) electrons. The number of hydrogen-bond acceptors (Lipinski definition) is 2. The number of benzene rings is 1. The van der Waals surface area contributed by atoms with Crippen molar-refractivity contribution in [2.24, 2.45) is 5.92 Å². The van der Waals surface area contributed by atoms with Crippen molar-refractivity contribution in [1.82, 2.24) is 5.32 Å². The maximum absolute atomic E-state index is 12.9. The smallest absolute Gasteiger partial charge is 0.224 e. The highest BCUT2D eigenvalue weighted by atomic mass is 16.2. The molecule has 0 saturated carbocycles. The van der Waals surface area contributed by atoms with E-state index < -0.39 is 0 Å². The molecule has 2 N–H and O–H groups in total. The summed E-state index contributed by atoms with van der Waals surface area (Å²) in [7, 11) is 0. The first kappa shape index (κ1) is 26.9. The molecule has 0 aliphatic heterocycles. The van der Waals surface area contributed by atoms with Gasteiger partial charge in [0.1, 0.15) is 0 Å². The molecule has 2 unspecified atom stereocenters. The molecule has 44 heavy (non-hydrogen) atoms. The quantitative estimate of drug-likeness (QED) is 0.291. The SMILES string of the molecule is O=C(CCCCCCC(=O)Nc1ccc2c3c1C=CC1=CC=CC(=CC2)C13)NC1=CCC2=CC=C3C=CC=C4C=CC1=C2C43. The molecule has 4 nitrogen and oxygen atoms in total. The third kappa shape index (κ3) is 4.70. The number of allylic oxidation sites excluding steroid dienone is 19. The Morgan fingerprint density at radius 1 is 0.659 bits per heavy atom. The van der Waals surface area contributed by atoms with Crippen LogP contribution < -0.4 is 10.6 Å². The van der Waals surface area contributed by atoms with Crippen molar-refractivity contribution in [3.8, 4) is 0 Å². The summed E-state index contributed by atoms with van der Waals surface area (Å²) < 4.78 is 0. The molecule has 0 aromatic heterocycles. The summed E-state index contributed by atoms with van der Waals surface area (Å²) in [4.78, 5) is 25.8. The summed E-state index contributed by atoms with van der Waals surface area (Å²) in [5, 5.41) is 6.41. The average molecular weight is 577 g/mol. The summed E-state index contributed by atoms with van der Waals surface area (Å²) in [6.07, 6.45) is 37.0. The van der Waals surface area contributed by atoms with E-state index in [1.807, 2.05) is 0 Å². The first-order chi connectivity index (χ1) is 21.6. The van der Waals surface area contributed by atoms with Crippen LogP contribution in [0.25, 0.3) is 6.08 Å². The standard InChI is InChI=1S/C40H36N2O2/c43-35(41-33-23-19-29-15-13-25-7-5-9-27-17-21-31(33)39(29)37(25)27)11-3-1-2-4-12-36(44)42-34-24-20-30-16-14-26-8-6-10-28-18-22-32(34)40(30)38(26)28/h5-10,13-15,17-18,20-24,37-38H,1-4,11-12,16,19H2,(H,41,43)(H,42,44). The lowest BCUT2D eigenvalue weighted by Crippen LogP contribution is -2.29. The highest BCUT2D eigenvalue weighted by Crippen LogP contribution is 2.49. The van der Waals surface area contributed by atoms with Gasteiger partial charge in [0.25, 0.3) is 0 Å². The van der Waals surface area contributed by atoms with Crippen LogP contribution in [0.4, 0.5) is 5.69 Å². The van der Waals surface area contributed by atoms with Gasteiger partial charge in [0, 0.05) is 47.2 Å². The predicted molar refractivity (Wildman–Crippen MR) is 177 cm³/mol. The molecule has 8 rings (SSSR count). The minimum atomic E-state index is 0.0590. The molecule has 1 aromatic carbocycles. The van der Waals surface area contributed by atoms with Gasteiger partial charge in [-0.05, 0) is 76.3 Å². The zero-order valence-corrected chi connectivity index (χ0v) is 24.9. The average Bonchev–Trinajstić information content (AvgIpc) is 3.05. The van der Waals surface area contributed by atoms with E-state index in [4.69, 9.17) is 0 Å². The number of unbranched alkanes of at least 4 members (excludes halogenated alkanes) is 3. The highest BCUT2D eigenvalue weighted by molar-refractivity contribution is 5.94. The minimum Gasteiger partial charge on any atom is -0.326 e. The zero-order valence-electron chi connectivity index (χ0n) is 24.9. The summed E-state index contributed by atoms with van der Waals surface area (Å²) in [5.74, 6) is 0.700. The number of amides is 2. The lowest BCUT2D eigenvalue weighted by molar-refractivity contribution is -0.120. The van der Waals surface area contributed by atoms with Crippen LogP contribution in [0.1, 0.15) is 67.6 Å². The molecule has 4 heteroatoms. The lowest BCUT2D eigenvalue weighted by atomic mass is 9.68. The van der Waals surface area contributed by atoms with Crippen LogP contribution in [0.2, 0.25) is 0 Å². The fourth-order valence-corrected chi connectivity index (χ4v) is 7.79. The maximum Gasteiger partial charge on any atom is 0.224 e. The molecule has 0 saturated heterocycles. The van der Waals surface area contributed by atoms with Crippen LogP contribution in [0.15, 0.2) is 136 Å². The summed E-state index contributed by atoms with van der Waals surface area (Å²) in [5.41, 5.74) is 14.9. The molecule has 7 aliphatic rings. The van der Waals surface area contributed by atoms with Crippen LogP contribution in [0.5, 0.6) is 0 Å². The topological polar surface area (TPSA) is 58.2 Å². The Bertz CT molecular complexity index is 1840. The van der Waals surface area contributed by atoms with E-state index in [0.29, 0.717) is 12.8 Å². The number of anilines is 1. The number of hydrogen-bond donors (Lipinski definition) is 2. The minimum absolute atomic E-state index is 0.0590. The summed E-state index contributed by atoms with van der Waals surface area (Å²) in [6.45, 7) is 0. The van der Waals surface area contributed by atoms with E-state index in [0.717, 1.165) is 61.0 Å². The second kappa shape index (κ2) is 11.1. The molecule has 7 aliphatic carbocycles. The molecule has 0 fully saturated rings. The Labute approximate surface area is 259 Å². The Kier molecular flexibility index (Phi) is 6.78. The van der Waals surface area contributed by atoms with Gasteiger partial charge in [-0.3, -0.25) is 9.59 Å². The van der Waals surface area contributed by atoms with Crippen molar-refractivity contribution >= 4 is 23.6 Å². The van der Waals surface area contributed by atoms with Gasteiger partial charge in [0.2, 0.25) is 11.8 Å². The van der Waals surface area contributed by atoms with Gasteiger partial charge in [-0.2, -0.15) is 0 Å². The monoisotopic (exact) mass is 576 g/mol. The molecule has 1 aromatic rings. The summed E-state index contributed by atoms with van der Waals surface area (Å²) in [6, 6.07) is 4.24. The molecular weight excluding hydrogens is 540 g/mol. The summed E-state index contributed by atoms with van der Waals surface area (Å²) >= 11 is 0. The van der Waals surface area contributed by atoms with Crippen molar-refractivity contribution in [3.05, 3.63) is 153 Å². The van der Waals surface area contributed by atoms with Crippen molar-refractivity contribution < 1.29 is 9.59 Å². The largest absolute Gasteiger partial charge is 0.326 e. The molecule has 0 bridgehead atoms. The number of nitrogens with one attached hydrogen (secondary N) is 2. The van der Waals surface area contributed by atoms with Crippen molar-refractivity contribution in [2.45, 2.75) is 57.3 Å². The van der Waals surface area contributed by atoms with Crippen molar-refractivity contribution in [3.63, 3.8) is 0 Å². The van der Waals surface area contributed by atoms with E-state index in [2.05, 4.69) is 108 Å². The number of rotatable bonds is 9. The Morgan fingerprint density at radius 2 is 1.39 bits per heavy atom. The zero-order chi connectivity index (χ0) is 29.6. The van der Waals surface area contributed by atoms with E-state index in [9.17, 15) is 9.59 Å². The molecule has 0 heterocycles. The first-order valence-corrected chi connectivity index (χ1v) is 16.1. The third-order valence-corrected chi connectivity index (χ3v) is 9.92. The van der Waals surface area contributed by atoms with Gasteiger partial charge >= 0.3 is 0 Å². The Morgan fingerprint density at radius 3 is 2.23 bits per heavy atom. The van der Waals surface area contributed by atoms with Gasteiger partial charge in [-0.15, -0.1) is 0 Å². The van der Waals surface area contributed by atoms with E-state index >= 15 is 0 Å². The molecule has 2 atom stereocenters. The molecular formula is C40H36N2O2. The first-order valence-electron chi connectivity index (χ1n) is 16.1. The molecule has 218 valence electrons. The van der Waals surface area contributed by atoms with Gasteiger partial charge in [0.05, 0.1) is 0 Å². The van der Waals surface area contributed by atoms with Crippen LogP contribution >= 0.6 is 0 Å². The van der Waals surface area contributed by atoms with E-state index in [1.54, 1.807) is 0 Å². The Balaban J connectivity index is 0.806. The fraction of sp³-hybridized carbons (Fsp3) is 0.250. The predicted octanol–water partition coefficient (Wildman–Crippen LogP) is 8.30. The highest BCUT2D eigenvalue weighted by Gasteiger charge is 2.34. The number of carbonyl (C=O) groups excluding carboxylic acids is 2. The van der Waals surface area contributed by atoms with Crippen molar-refractivity contribution in [1.29, 1.82) is 0 Å². The second-order valence-corrected chi connectivity index (χ2v) is 12.6. The van der Waals surface area contributed by atoms with Crippen LogP contribution in [-0.2, 0) is 16.0 Å². The third-order valence-electron chi connectivity index (χ3n) is 9.92. The van der Waals surface area contributed by atoms with Gasteiger partial charge in [0.15, 0.2) is 0 Å². The van der Waals surface area contributed by atoms with Crippen LogP contribution in [0, 0.1) is 5.92 Å². The second-order valence-electron chi connectivity index (χ2n) is 12.6. The fourth-order valence-electron chi connectivity index (χ4n) is 7.79. The van der Waals surface area contributed by atoms with E-state index in [-0.39, 0.29) is 23.7 Å².